The average Bonchev–Trinajstić information content (AvgIpc) is 1.77. The first-order valence-electron chi connectivity index (χ1n) is 3.00. The van der Waals surface area contributed by atoms with Gasteiger partial charge in [0.05, 0.1) is 0 Å². The molecule has 1 nitrogen and oxygen atoms in total. The number of nitrogens with zero attached hydrogens (tertiary/aromatic N) is 1. The van der Waals surface area contributed by atoms with E-state index < -0.39 is 0 Å². The van der Waals surface area contributed by atoms with Gasteiger partial charge < -0.3 is 0 Å². The zero-order chi connectivity index (χ0) is 5.98. The van der Waals surface area contributed by atoms with Crippen LogP contribution in [0.5, 0.6) is 0 Å². The maximum absolute atomic E-state index is 12.3. The molecule has 1 aliphatic rings. The highest BCUT2D eigenvalue weighted by Crippen LogP contribution is 2.13. The third-order valence-corrected chi connectivity index (χ3v) is 1.46. The van der Waals surface area contributed by atoms with Gasteiger partial charge in [0.15, 0.2) is 5.97 Å². The zero-order valence-electron chi connectivity index (χ0n) is 5.02. The Bertz CT molecular complexity index is 109. The second kappa shape index (κ2) is 2.25. The van der Waals surface area contributed by atoms with Crippen molar-refractivity contribution in [1.29, 1.82) is 0 Å². The van der Waals surface area contributed by atoms with E-state index in [2.05, 4.69) is 4.99 Å². The molecule has 2 heteroatoms. The zero-order valence-corrected chi connectivity index (χ0v) is 5.02. The fraction of sp³-hybridized carbons (Fsp3) is 0.833. The van der Waals surface area contributed by atoms with Crippen molar-refractivity contribution in [3.05, 3.63) is 0 Å². The minimum Gasteiger partial charge on any atom is -0.262 e. The van der Waals surface area contributed by atoms with E-state index in [4.69, 9.17) is 0 Å². The van der Waals surface area contributed by atoms with Crippen LogP contribution in [0.4, 0.5) is 4.39 Å². The molecule has 0 amide bonds. The summed E-state index contributed by atoms with van der Waals surface area (Å²) in [5.41, 5.74) is 0. The first kappa shape index (κ1) is 5.73. The Kier molecular flexibility index (Phi) is 1.61. The van der Waals surface area contributed by atoms with Crippen molar-refractivity contribution >= 4 is 5.97 Å². The SMILES string of the molecule is CC1CCCN=C1F. The molecular weight excluding hydrogens is 105 g/mol. The second-order valence-corrected chi connectivity index (χ2v) is 2.25. The van der Waals surface area contributed by atoms with Crippen LogP contribution in [-0.2, 0) is 0 Å². The van der Waals surface area contributed by atoms with Gasteiger partial charge in [-0.1, -0.05) is 6.92 Å². The van der Waals surface area contributed by atoms with Gasteiger partial charge in [0, 0.05) is 12.5 Å². The Labute approximate surface area is 48.6 Å². The summed E-state index contributed by atoms with van der Waals surface area (Å²) in [6, 6.07) is 0. The average molecular weight is 115 g/mol. The Morgan fingerprint density at radius 2 is 2.50 bits per heavy atom. The summed E-state index contributed by atoms with van der Waals surface area (Å²) in [7, 11) is 0. The van der Waals surface area contributed by atoms with Gasteiger partial charge >= 0.3 is 0 Å². The fourth-order valence-corrected chi connectivity index (χ4v) is 0.858. The molecule has 0 spiro atoms. The van der Waals surface area contributed by atoms with Crippen LogP contribution in [-0.4, -0.2) is 12.5 Å². The molecule has 1 heterocycles. The number of aliphatic imine (C=N–C) groups is 1. The van der Waals surface area contributed by atoms with Crippen molar-refractivity contribution in [2.24, 2.45) is 10.9 Å². The molecule has 1 unspecified atom stereocenters. The smallest absolute Gasteiger partial charge is 0.187 e. The van der Waals surface area contributed by atoms with Crippen molar-refractivity contribution in [3.8, 4) is 0 Å². The third kappa shape index (κ3) is 1.05. The van der Waals surface area contributed by atoms with Gasteiger partial charge in [0.2, 0.25) is 0 Å². The monoisotopic (exact) mass is 115 g/mol. The van der Waals surface area contributed by atoms with Gasteiger partial charge in [-0.25, -0.2) is 0 Å². The molecule has 0 saturated carbocycles. The van der Waals surface area contributed by atoms with Crippen LogP contribution >= 0.6 is 0 Å². The summed E-state index contributed by atoms with van der Waals surface area (Å²) in [5.74, 6) is -0.0694. The number of rotatable bonds is 0. The van der Waals surface area contributed by atoms with Gasteiger partial charge in [-0.15, -0.1) is 0 Å². The van der Waals surface area contributed by atoms with E-state index in [0.29, 0.717) is 6.54 Å². The van der Waals surface area contributed by atoms with E-state index >= 15 is 0 Å². The Hall–Kier alpha value is -0.400. The van der Waals surface area contributed by atoms with E-state index in [1.807, 2.05) is 6.92 Å². The van der Waals surface area contributed by atoms with Gasteiger partial charge in [-0.05, 0) is 12.8 Å². The second-order valence-electron chi connectivity index (χ2n) is 2.25. The van der Waals surface area contributed by atoms with Gasteiger partial charge in [0.25, 0.3) is 0 Å². The van der Waals surface area contributed by atoms with E-state index in [9.17, 15) is 4.39 Å². The molecule has 0 aromatic carbocycles. The predicted molar refractivity (Wildman–Crippen MR) is 31.8 cm³/mol. The van der Waals surface area contributed by atoms with Crippen molar-refractivity contribution in [1.82, 2.24) is 0 Å². The van der Waals surface area contributed by atoms with Crippen molar-refractivity contribution in [2.75, 3.05) is 6.54 Å². The predicted octanol–water partition coefficient (Wildman–Crippen LogP) is 1.78. The minimum absolute atomic E-state index is 0.0868. The summed E-state index contributed by atoms with van der Waals surface area (Å²) in [6.07, 6.45) is 2.02. The number of hydrogen-bond acceptors (Lipinski definition) is 1. The highest BCUT2D eigenvalue weighted by atomic mass is 19.1. The van der Waals surface area contributed by atoms with Gasteiger partial charge in [0.1, 0.15) is 0 Å². The van der Waals surface area contributed by atoms with Gasteiger partial charge in [-0.2, -0.15) is 4.39 Å². The van der Waals surface area contributed by atoms with E-state index in [-0.39, 0.29) is 11.9 Å². The van der Waals surface area contributed by atoms with Crippen molar-refractivity contribution in [3.63, 3.8) is 0 Å². The van der Waals surface area contributed by atoms with Gasteiger partial charge in [-0.3, -0.25) is 4.99 Å². The highest BCUT2D eigenvalue weighted by molar-refractivity contribution is 5.77. The molecule has 0 aromatic heterocycles. The topological polar surface area (TPSA) is 12.4 Å². The minimum atomic E-state index is -0.156. The maximum atomic E-state index is 12.3. The molecule has 0 N–H and O–H groups in total. The summed E-state index contributed by atoms with van der Waals surface area (Å²) in [5, 5.41) is 0. The first-order valence-corrected chi connectivity index (χ1v) is 3.00. The lowest BCUT2D eigenvalue weighted by Crippen LogP contribution is -2.11. The van der Waals surface area contributed by atoms with Crippen molar-refractivity contribution in [2.45, 2.75) is 19.8 Å². The molecule has 0 bridgehead atoms. The molecule has 1 aliphatic heterocycles. The van der Waals surface area contributed by atoms with Crippen molar-refractivity contribution < 1.29 is 4.39 Å². The van der Waals surface area contributed by atoms with E-state index in [1.54, 1.807) is 0 Å². The van der Waals surface area contributed by atoms with Crippen LogP contribution in [0.2, 0.25) is 0 Å². The molecule has 1 rings (SSSR count). The van der Waals surface area contributed by atoms with E-state index in [0.717, 1.165) is 12.8 Å². The van der Waals surface area contributed by atoms with Crippen LogP contribution in [0, 0.1) is 5.92 Å². The molecule has 0 aliphatic carbocycles. The Morgan fingerprint density at radius 1 is 1.75 bits per heavy atom. The Balaban J connectivity index is 2.53. The van der Waals surface area contributed by atoms with Crippen LogP contribution < -0.4 is 0 Å². The fourth-order valence-electron chi connectivity index (χ4n) is 0.858. The first-order chi connectivity index (χ1) is 3.80. The summed E-state index contributed by atoms with van der Waals surface area (Å²) < 4.78 is 12.3. The lowest BCUT2D eigenvalue weighted by atomic mass is 10.0. The van der Waals surface area contributed by atoms with Crippen LogP contribution in [0.3, 0.4) is 0 Å². The summed E-state index contributed by atoms with van der Waals surface area (Å²) in [6.45, 7) is 2.56. The standard InChI is InChI=1S/C6H10FN/c1-5-3-2-4-8-6(5)7/h5H,2-4H2,1H3. The third-order valence-electron chi connectivity index (χ3n) is 1.46. The molecule has 0 aromatic rings. The molecule has 0 radical (unpaired) electrons. The number of hydrogen-bond donors (Lipinski definition) is 0. The molecule has 0 fully saturated rings. The maximum Gasteiger partial charge on any atom is 0.187 e. The van der Waals surface area contributed by atoms with E-state index in [1.165, 1.54) is 0 Å². The van der Waals surface area contributed by atoms with Crippen LogP contribution in [0.15, 0.2) is 4.99 Å². The largest absolute Gasteiger partial charge is 0.262 e. The van der Waals surface area contributed by atoms with Crippen LogP contribution in [0.25, 0.3) is 0 Å². The molecule has 8 heavy (non-hydrogen) atoms. The van der Waals surface area contributed by atoms with Crippen LogP contribution in [0.1, 0.15) is 19.8 Å². The lowest BCUT2D eigenvalue weighted by molar-refractivity contribution is 0.545. The number of halogens is 1. The summed E-state index contributed by atoms with van der Waals surface area (Å²) >= 11 is 0. The normalized spacial score (nSPS) is 29.8. The Morgan fingerprint density at radius 3 is 2.88 bits per heavy atom. The molecular formula is C6H10FN. The highest BCUT2D eigenvalue weighted by Gasteiger charge is 2.12. The lowest BCUT2D eigenvalue weighted by Gasteiger charge is -2.11. The molecule has 46 valence electrons. The molecule has 0 saturated heterocycles. The quantitative estimate of drug-likeness (QED) is 0.456. The summed E-state index contributed by atoms with van der Waals surface area (Å²) in [4.78, 5) is 3.66. The molecule has 1 atom stereocenters.